The van der Waals surface area contributed by atoms with Crippen LogP contribution in [0.25, 0.3) is 5.69 Å². The van der Waals surface area contributed by atoms with Crippen LogP contribution in [0, 0.1) is 12.8 Å². The summed E-state index contributed by atoms with van der Waals surface area (Å²) >= 11 is 0. The largest absolute Gasteiger partial charge is 0.338 e. The Morgan fingerprint density at radius 1 is 1.26 bits per heavy atom. The normalized spacial score (nSPS) is 15.6. The Balaban J connectivity index is 1.38. The summed E-state index contributed by atoms with van der Waals surface area (Å²) in [6, 6.07) is 5.53. The van der Waals surface area contributed by atoms with Crippen molar-refractivity contribution in [1.29, 1.82) is 0 Å². The van der Waals surface area contributed by atoms with Crippen LogP contribution in [0.15, 0.2) is 24.5 Å². The molecule has 2 N–H and O–H groups in total. The van der Waals surface area contributed by atoms with Crippen LogP contribution in [0.2, 0.25) is 0 Å². The van der Waals surface area contributed by atoms with Gasteiger partial charge < -0.3 is 15.5 Å². The molecule has 146 valence electrons. The van der Waals surface area contributed by atoms with E-state index in [0.717, 1.165) is 42.2 Å². The third kappa shape index (κ3) is 5.75. The number of carbonyl (C=O) groups is 1. The predicted molar refractivity (Wildman–Crippen MR) is 105 cm³/mol. The van der Waals surface area contributed by atoms with E-state index in [0.29, 0.717) is 6.54 Å². The number of nitrogens with one attached hydrogen (secondary N) is 2. The fourth-order valence-corrected chi connectivity index (χ4v) is 3.28. The van der Waals surface area contributed by atoms with E-state index in [-0.39, 0.29) is 6.03 Å². The van der Waals surface area contributed by atoms with E-state index < -0.39 is 0 Å². The molecule has 8 heteroatoms. The first-order valence-electron chi connectivity index (χ1n) is 9.73. The third-order valence-corrected chi connectivity index (χ3v) is 5.15. The average molecular weight is 371 g/mol. The Labute approximate surface area is 160 Å². The minimum atomic E-state index is -0.182. The van der Waals surface area contributed by atoms with Crippen LogP contribution < -0.4 is 10.6 Å². The average Bonchev–Trinajstić information content (AvgIpc) is 3.19. The molecule has 8 nitrogen and oxygen atoms in total. The van der Waals surface area contributed by atoms with Crippen molar-refractivity contribution in [2.24, 2.45) is 5.92 Å². The fourth-order valence-electron chi connectivity index (χ4n) is 3.28. The number of rotatable bonds is 7. The van der Waals surface area contributed by atoms with Crippen molar-refractivity contribution in [3.05, 3.63) is 30.1 Å². The van der Waals surface area contributed by atoms with Gasteiger partial charge in [-0.3, -0.25) is 0 Å². The summed E-state index contributed by atoms with van der Waals surface area (Å²) < 4.78 is 1.56. The molecule has 0 spiro atoms. The van der Waals surface area contributed by atoms with Gasteiger partial charge in [0.2, 0.25) is 0 Å². The molecular formula is C19H29N7O. The van der Waals surface area contributed by atoms with Gasteiger partial charge in [-0.1, -0.05) is 13.0 Å². The molecule has 2 aromatic rings. The lowest BCUT2D eigenvalue weighted by Gasteiger charge is -2.30. The monoisotopic (exact) mass is 371 g/mol. The van der Waals surface area contributed by atoms with Crippen molar-refractivity contribution in [3.63, 3.8) is 0 Å². The molecule has 2 heterocycles. The summed E-state index contributed by atoms with van der Waals surface area (Å²) in [5, 5.41) is 17.0. The van der Waals surface area contributed by atoms with Gasteiger partial charge in [0.1, 0.15) is 6.33 Å². The molecule has 0 aliphatic carbocycles. The van der Waals surface area contributed by atoms with Gasteiger partial charge in [0, 0.05) is 12.2 Å². The Hall–Kier alpha value is -2.48. The molecule has 1 aliphatic heterocycles. The van der Waals surface area contributed by atoms with Crippen molar-refractivity contribution in [3.8, 4) is 5.69 Å². The molecular weight excluding hydrogens is 342 g/mol. The zero-order valence-corrected chi connectivity index (χ0v) is 16.2. The standard InChI is InChI=1S/C19H29N7O/c1-15-7-11-25(12-8-15)10-4-3-9-20-19(27)22-18-13-17(6-5-16(18)2)26-14-21-23-24-26/h5-6,13-15H,3-4,7-12H2,1-2H3,(H2,20,22,27). The first-order valence-corrected chi connectivity index (χ1v) is 9.73. The summed E-state index contributed by atoms with van der Waals surface area (Å²) in [7, 11) is 0. The number of tetrazole rings is 1. The van der Waals surface area contributed by atoms with Crippen molar-refractivity contribution in [2.45, 2.75) is 39.5 Å². The first-order chi connectivity index (χ1) is 13.1. The zero-order valence-electron chi connectivity index (χ0n) is 16.2. The van der Waals surface area contributed by atoms with Crippen molar-refractivity contribution in [1.82, 2.24) is 30.4 Å². The first kappa shape index (κ1) is 19.3. The second-order valence-electron chi connectivity index (χ2n) is 7.37. The van der Waals surface area contributed by atoms with Crippen molar-refractivity contribution < 1.29 is 4.79 Å². The lowest BCUT2D eigenvalue weighted by molar-refractivity contribution is 0.189. The Kier molecular flexibility index (Phi) is 6.75. The maximum absolute atomic E-state index is 12.2. The van der Waals surface area contributed by atoms with E-state index in [9.17, 15) is 4.79 Å². The molecule has 1 aromatic heterocycles. The van der Waals surface area contributed by atoms with Gasteiger partial charge in [0.05, 0.1) is 5.69 Å². The van der Waals surface area contributed by atoms with E-state index in [1.807, 2.05) is 25.1 Å². The second kappa shape index (κ2) is 9.45. The topological polar surface area (TPSA) is 88.0 Å². The number of amides is 2. The molecule has 1 aliphatic rings. The summed E-state index contributed by atoms with van der Waals surface area (Å²) in [5.41, 5.74) is 2.54. The van der Waals surface area contributed by atoms with Gasteiger partial charge >= 0.3 is 6.03 Å². The maximum atomic E-state index is 12.2. The van der Waals surface area contributed by atoms with Crippen LogP contribution in [0.1, 0.15) is 38.2 Å². The SMILES string of the molecule is Cc1ccc(-n2cnnn2)cc1NC(=O)NCCCCN1CCC(C)CC1. The van der Waals surface area contributed by atoms with E-state index >= 15 is 0 Å². The highest BCUT2D eigenvalue weighted by atomic mass is 16.2. The molecule has 27 heavy (non-hydrogen) atoms. The Bertz CT molecular complexity index is 724. The highest BCUT2D eigenvalue weighted by Gasteiger charge is 2.14. The summed E-state index contributed by atoms with van der Waals surface area (Å²) in [5.74, 6) is 0.870. The smallest absolute Gasteiger partial charge is 0.319 e. The van der Waals surface area contributed by atoms with E-state index in [4.69, 9.17) is 0 Å². The van der Waals surface area contributed by atoms with Gasteiger partial charge in [-0.15, -0.1) is 5.10 Å². The summed E-state index contributed by atoms with van der Waals surface area (Å²) in [4.78, 5) is 14.7. The molecule has 3 rings (SSSR count). The number of aryl methyl sites for hydroxylation is 1. The van der Waals surface area contributed by atoms with Crippen LogP contribution in [0.4, 0.5) is 10.5 Å². The molecule has 0 bridgehead atoms. The minimum Gasteiger partial charge on any atom is -0.338 e. The molecule has 1 saturated heterocycles. The fraction of sp³-hybridized carbons (Fsp3) is 0.579. The van der Waals surface area contributed by atoms with E-state index in [1.54, 1.807) is 4.68 Å². The van der Waals surface area contributed by atoms with Crippen molar-refractivity contribution >= 4 is 11.7 Å². The maximum Gasteiger partial charge on any atom is 0.319 e. The number of hydrogen-bond donors (Lipinski definition) is 2. The number of likely N-dealkylation sites (tertiary alicyclic amines) is 1. The number of anilines is 1. The van der Waals surface area contributed by atoms with Gasteiger partial charge in [-0.2, -0.15) is 0 Å². The number of piperidine rings is 1. The highest BCUT2D eigenvalue weighted by molar-refractivity contribution is 5.90. The summed E-state index contributed by atoms with van der Waals surface area (Å²) in [6.07, 6.45) is 6.25. The minimum absolute atomic E-state index is 0.182. The summed E-state index contributed by atoms with van der Waals surface area (Å²) in [6.45, 7) is 8.53. The number of unbranched alkanes of at least 4 members (excludes halogenated alkanes) is 1. The van der Waals surface area contributed by atoms with Gasteiger partial charge in [0.25, 0.3) is 0 Å². The molecule has 0 radical (unpaired) electrons. The number of carbonyl (C=O) groups excluding carboxylic acids is 1. The highest BCUT2D eigenvalue weighted by Crippen LogP contribution is 2.19. The van der Waals surface area contributed by atoms with E-state index in [1.165, 1.54) is 32.3 Å². The quantitative estimate of drug-likeness (QED) is 0.731. The molecule has 0 saturated carbocycles. The van der Waals surface area contributed by atoms with Crippen LogP contribution in [0.3, 0.4) is 0 Å². The molecule has 0 atom stereocenters. The van der Waals surface area contributed by atoms with Gasteiger partial charge in [-0.25, -0.2) is 9.48 Å². The molecule has 0 unspecified atom stereocenters. The molecule has 1 fully saturated rings. The lowest BCUT2D eigenvalue weighted by Crippen LogP contribution is -2.34. The number of nitrogens with zero attached hydrogens (tertiary/aromatic N) is 5. The lowest BCUT2D eigenvalue weighted by atomic mass is 9.99. The number of aromatic nitrogens is 4. The third-order valence-electron chi connectivity index (χ3n) is 5.15. The molecule has 1 aromatic carbocycles. The van der Waals surface area contributed by atoms with Crippen LogP contribution in [-0.4, -0.2) is 57.3 Å². The Morgan fingerprint density at radius 3 is 2.81 bits per heavy atom. The van der Waals surface area contributed by atoms with Crippen LogP contribution >= 0.6 is 0 Å². The Morgan fingerprint density at radius 2 is 2.07 bits per heavy atom. The zero-order chi connectivity index (χ0) is 19.1. The number of urea groups is 1. The van der Waals surface area contributed by atoms with Gasteiger partial charge in [-0.05, 0) is 86.3 Å². The van der Waals surface area contributed by atoms with Crippen LogP contribution in [-0.2, 0) is 0 Å². The van der Waals surface area contributed by atoms with E-state index in [2.05, 4.69) is 38.0 Å². The second-order valence-corrected chi connectivity index (χ2v) is 7.37. The number of benzene rings is 1. The van der Waals surface area contributed by atoms with Crippen molar-refractivity contribution in [2.75, 3.05) is 31.5 Å². The molecule has 2 amide bonds. The van der Waals surface area contributed by atoms with Crippen LogP contribution in [0.5, 0.6) is 0 Å². The van der Waals surface area contributed by atoms with Gasteiger partial charge in [0.15, 0.2) is 0 Å². The predicted octanol–water partition coefficient (Wildman–Crippen LogP) is 2.60. The number of hydrogen-bond acceptors (Lipinski definition) is 5.